The molecule has 0 amide bonds. The summed E-state index contributed by atoms with van der Waals surface area (Å²) in [5.74, 6) is 0.196. The van der Waals surface area contributed by atoms with Gasteiger partial charge in [-0.3, -0.25) is 9.36 Å². The second kappa shape index (κ2) is 10.7. The third kappa shape index (κ3) is 6.74. The second-order valence-corrected chi connectivity index (χ2v) is 9.89. The molecule has 0 bridgehead atoms. The molecule has 178 valence electrons. The number of carbonyl (C=O) groups excluding carboxylic acids is 1. The lowest BCUT2D eigenvalue weighted by atomic mass is 10.3. The van der Waals surface area contributed by atoms with Crippen LogP contribution in [0.15, 0.2) is 42.9 Å². The molecule has 0 saturated carbocycles. The molecule has 0 aliphatic carbocycles. The van der Waals surface area contributed by atoms with E-state index in [-0.39, 0.29) is 12.5 Å². The van der Waals surface area contributed by atoms with Crippen LogP contribution in [-0.4, -0.2) is 50.3 Å². The maximum absolute atomic E-state index is 13.6. The van der Waals surface area contributed by atoms with Crippen molar-refractivity contribution in [2.24, 2.45) is 0 Å². The summed E-state index contributed by atoms with van der Waals surface area (Å²) in [5, 5.41) is 7.70. The molecule has 12 heteroatoms. The minimum absolute atomic E-state index is 0.279. The van der Waals surface area contributed by atoms with Gasteiger partial charge in [0.15, 0.2) is 5.65 Å². The Morgan fingerprint density at radius 2 is 1.91 bits per heavy atom. The van der Waals surface area contributed by atoms with Crippen molar-refractivity contribution in [1.29, 1.82) is 0 Å². The molecule has 0 fully saturated rings. The zero-order valence-electron chi connectivity index (χ0n) is 19.0. The smallest absolute Gasteiger partial charge is 0.342 e. The summed E-state index contributed by atoms with van der Waals surface area (Å²) in [6, 6.07) is 7.82. The van der Waals surface area contributed by atoms with Gasteiger partial charge in [0.25, 0.3) is 0 Å². The van der Waals surface area contributed by atoms with E-state index in [1.807, 2.05) is 6.07 Å². The van der Waals surface area contributed by atoms with E-state index in [0.717, 1.165) is 0 Å². The summed E-state index contributed by atoms with van der Waals surface area (Å²) < 4.78 is 32.1. The van der Waals surface area contributed by atoms with E-state index in [9.17, 15) is 9.36 Å². The first-order valence-electron chi connectivity index (χ1n) is 10.5. The highest BCUT2D eigenvalue weighted by molar-refractivity contribution is 7.57. The number of nitrogens with one attached hydrogen (secondary N) is 1. The molecule has 0 aliphatic heterocycles. The summed E-state index contributed by atoms with van der Waals surface area (Å²) in [6.07, 6.45) is 1.97. The third-order valence-electron chi connectivity index (χ3n) is 4.52. The maximum Gasteiger partial charge on any atom is 0.342 e. The Labute approximate surface area is 192 Å². The molecular weight excluding hydrogens is 447 g/mol. The van der Waals surface area contributed by atoms with Crippen molar-refractivity contribution in [1.82, 2.24) is 24.8 Å². The van der Waals surface area contributed by atoms with Crippen LogP contribution in [0.3, 0.4) is 0 Å². The van der Waals surface area contributed by atoms with E-state index in [2.05, 4.69) is 20.2 Å². The summed E-state index contributed by atoms with van der Waals surface area (Å²) >= 11 is 0. The molecule has 1 aromatic carbocycles. The van der Waals surface area contributed by atoms with Crippen LogP contribution in [0.4, 0.5) is 5.82 Å². The van der Waals surface area contributed by atoms with Gasteiger partial charge in [-0.25, -0.2) is 19.7 Å². The fraction of sp³-hybridized carbons (Fsp3) is 0.429. The molecule has 0 saturated heterocycles. The number of aromatic nitrogens is 4. The number of ether oxygens (including phenoxy) is 2. The lowest BCUT2D eigenvalue weighted by Crippen LogP contribution is -2.37. The van der Waals surface area contributed by atoms with Gasteiger partial charge in [0, 0.05) is 0 Å². The summed E-state index contributed by atoms with van der Waals surface area (Å²) in [6.45, 7) is 7.19. The molecule has 3 atom stereocenters. The van der Waals surface area contributed by atoms with Crippen LogP contribution < -0.4 is 15.3 Å². The maximum atomic E-state index is 13.6. The minimum Gasteiger partial charge on any atom is -0.462 e. The molecule has 2 heterocycles. The predicted octanol–water partition coefficient (Wildman–Crippen LogP) is 2.97. The molecule has 3 aromatic rings. The molecule has 0 aliphatic rings. The van der Waals surface area contributed by atoms with Gasteiger partial charge in [-0.2, -0.15) is 5.10 Å². The molecule has 0 spiro atoms. The summed E-state index contributed by atoms with van der Waals surface area (Å²) in [7, 11) is -3.64. The van der Waals surface area contributed by atoms with Gasteiger partial charge >= 0.3 is 13.5 Å². The van der Waals surface area contributed by atoms with E-state index in [1.165, 1.54) is 6.33 Å². The Balaban J connectivity index is 1.70. The van der Waals surface area contributed by atoms with E-state index in [4.69, 9.17) is 19.7 Å². The molecule has 0 radical (unpaired) electrons. The van der Waals surface area contributed by atoms with Crippen LogP contribution in [0.1, 0.15) is 27.7 Å². The van der Waals surface area contributed by atoms with Crippen molar-refractivity contribution in [2.45, 2.75) is 52.5 Å². The number of hydrogen-bond acceptors (Lipinski definition) is 9. The quantitative estimate of drug-likeness (QED) is 0.313. The molecule has 1 unspecified atom stereocenters. The number of esters is 1. The van der Waals surface area contributed by atoms with Crippen molar-refractivity contribution in [2.75, 3.05) is 12.1 Å². The van der Waals surface area contributed by atoms with E-state index in [0.29, 0.717) is 29.1 Å². The Morgan fingerprint density at radius 1 is 1.18 bits per heavy atom. The monoisotopic (exact) mass is 476 g/mol. The van der Waals surface area contributed by atoms with E-state index >= 15 is 0 Å². The van der Waals surface area contributed by atoms with Crippen LogP contribution >= 0.6 is 7.52 Å². The first-order valence-corrected chi connectivity index (χ1v) is 12.3. The summed E-state index contributed by atoms with van der Waals surface area (Å²) in [4.78, 5) is 20.4. The second-order valence-electron chi connectivity index (χ2n) is 7.84. The number of carbonyl (C=O) groups is 1. The number of nitrogen functional groups attached to an aromatic ring is 1. The molecule has 11 nitrogen and oxygen atoms in total. The standard InChI is InChI=1S/C21H29N6O5P/c1-14(2)31-21(28)16(4)26-33(29,32-17-8-6-5-7-9-17)13-30-15(3)11-27-20-18(10-25-27)19(22)23-12-24-20/h5-10,12,14-16H,11,13H2,1-4H3,(H,26,29)(H2,22,23,24)/t15-,16+,33?/m1/s1. The topological polar surface area (TPSA) is 143 Å². The highest BCUT2D eigenvalue weighted by Gasteiger charge is 2.32. The van der Waals surface area contributed by atoms with Crippen LogP contribution in [0, 0.1) is 0 Å². The zero-order valence-corrected chi connectivity index (χ0v) is 19.9. The number of nitrogens with two attached hydrogens (primary N) is 1. The van der Waals surface area contributed by atoms with Crippen molar-refractivity contribution in [3.05, 3.63) is 42.9 Å². The van der Waals surface area contributed by atoms with Gasteiger partial charge in [-0.1, -0.05) is 18.2 Å². The molecule has 3 N–H and O–H groups in total. The number of hydrogen-bond donors (Lipinski definition) is 2. The van der Waals surface area contributed by atoms with E-state index in [1.54, 1.807) is 62.8 Å². The zero-order chi connectivity index (χ0) is 24.0. The third-order valence-corrected chi connectivity index (χ3v) is 6.29. The first kappa shape index (κ1) is 24.6. The van der Waals surface area contributed by atoms with Crippen molar-refractivity contribution in [3.63, 3.8) is 0 Å². The molecule has 3 rings (SSSR count). The number of rotatable bonds is 11. The average Bonchev–Trinajstić information content (AvgIpc) is 3.16. The van der Waals surface area contributed by atoms with Crippen LogP contribution in [0.2, 0.25) is 0 Å². The average molecular weight is 476 g/mol. The summed E-state index contributed by atoms with van der Waals surface area (Å²) in [5.41, 5.74) is 6.43. The Morgan fingerprint density at radius 3 is 2.61 bits per heavy atom. The van der Waals surface area contributed by atoms with Gasteiger partial charge in [-0.05, 0) is 39.8 Å². The van der Waals surface area contributed by atoms with Gasteiger partial charge in [0.1, 0.15) is 30.3 Å². The molecule has 33 heavy (non-hydrogen) atoms. The SMILES string of the molecule is CC(C)OC(=O)[C@H](C)NP(=O)(CO[C@H](C)Cn1ncc2c(N)ncnc21)Oc1ccccc1. The number of para-hydroxylation sites is 1. The number of anilines is 1. The van der Waals surface area contributed by atoms with E-state index < -0.39 is 25.6 Å². The normalized spacial score (nSPS) is 15.2. The largest absolute Gasteiger partial charge is 0.462 e. The highest BCUT2D eigenvalue weighted by Crippen LogP contribution is 2.44. The number of fused-ring (bicyclic) bond motifs is 1. The van der Waals surface area contributed by atoms with Crippen molar-refractivity contribution >= 4 is 30.3 Å². The Kier molecular flexibility index (Phi) is 8.01. The minimum atomic E-state index is -3.64. The fourth-order valence-corrected chi connectivity index (χ4v) is 4.78. The van der Waals surface area contributed by atoms with Crippen LogP contribution in [0.25, 0.3) is 11.0 Å². The van der Waals surface area contributed by atoms with Crippen LogP contribution in [-0.2, 0) is 25.4 Å². The number of nitrogens with zero attached hydrogens (tertiary/aromatic N) is 4. The first-order chi connectivity index (χ1) is 15.7. The van der Waals surface area contributed by atoms with Crippen LogP contribution in [0.5, 0.6) is 5.75 Å². The lowest BCUT2D eigenvalue weighted by Gasteiger charge is -2.25. The lowest BCUT2D eigenvalue weighted by molar-refractivity contribution is -0.149. The number of benzene rings is 1. The van der Waals surface area contributed by atoms with Crippen molar-refractivity contribution < 1.29 is 23.4 Å². The van der Waals surface area contributed by atoms with Gasteiger partial charge in [-0.15, -0.1) is 0 Å². The molecular formula is C21H29N6O5P. The Bertz CT molecular complexity index is 1120. The van der Waals surface area contributed by atoms with Gasteiger partial charge in [0.05, 0.1) is 30.3 Å². The fourth-order valence-electron chi connectivity index (χ4n) is 2.99. The molecule has 2 aromatic heterocycles. The van der Waals surface area contributed by atoms with Crippen molar-refractivity contribution in [3.8, 4) is 5.75 Å². The van der Waals surface area contributed by atoms with Gasteiger partial charge < -0.3 is 19.7 Å². The Hall–Kier alpha value is -3.01. The highest BCUT2D eigenvalue weighted by atomic mass is 31.2. The predicted molar refractivity (Wildman–Crippen MR) is 124 cm³/mol. The van der Waals surface area contributed by atoms with Gasteiger partial charge in [0.2, 0.25) is 0 Å².